The van der Waals surface area contributed by atoms with E-state index in [1.165, 1.54) is 30.4 Å². The SMILES string of the molecule is CN(C)CCn1c(C(=O)NC2CCCCC2)c(C(c2ccccc2)c2ccccc2)c2ccccc21. The second-order valence-electron chi connectivity index (χ2n) is 10.3. The van der Waals surface area contributed by atoms with Gasteiger partial charge < -0.3 is 14.8 Å². The minimum Gasteiger partial charge on any atom is -0.348 e. The number of likely N-dealkylation sites (N-methyl/N-ethyl adjacent to an activating group) is 1. The molecule has 1 heterocycles. The largest absolute Gasteiger partial charge is 0.348 e. The fraction of sp³-hybridized carbons (Fsp3) is 0.344. The average Bonchev–Trinajstić information content (AvgIpc) is 3.23. The third-order valence-corrected chi connectivity index (χ3v) is 7.49. The van der Waals surface area contributed by atoms with E-state index in [4.69, 9.17) is 0 Å². The van der Waals surface area contributed by atoms with Crippen LogP contribution < -0.4 is 5.32 Å². The zero-order chi connectivity index (χ0) is 24.9. The summed E-state index contributed by atoms with van der Waals surface area (Å²) in [5.74, 6) is 0.0220. The molecule has 1 amide bonds. The number of rotatable bonds is 8. The van der Waals surface area contributed by atoms with E-state index in [2.05, 4.69) is 114 Å². The van der Waals surface area contributed by atoms with E-state index in [1.54, 1.807) is 0 Å². The number of carbonyl (C=O) groups is 1. The molecule has 0 bridgehead atoms. The van der Waals surface area contributed by atoms with Crippen molar-refractivity contribution < 1.29 is 4.79 Å². The first-order valence-electron chi connectivity index (χ1n) is 13.3. The highest BCUT2D eigenvalue weighted by Crippen LogP contribution is 2.40. The maximum Gasteiger partial charge on any atom is 0.268 e. The number of hydrogen-bond donors (Lipinski definition) is 1. The number of nitrogens with one attached hydrogen (secondary N) is 1. The van der Waals surface area contributed by atoms with E-state index in [0.29, 0.717) is 0 Å². The summed E-state index contributed by atoms with van der Waals surface area (Å²) in [6, 6.07) is 30.0. The number of fused-ring (bicyclic) bond motifs is 1. The van der Waals surface area contributed by atoms with Gasteiger partial charge in [0.15, 0.2) is 0 Å². The molecule has 0 spiro atoms. The first kappa shape index (κ1) is 24.3. The van der Waals surface area contributed by atoms with Crippen LogP contribution in [0.4, 0.5) is 0 Å². The first-order valence-corrected chi connectivity index (χ1v) is 13.3. The van der Waals surface area contributed by atoms with E-state index in [0.717, 1.165) is 48.1 Å². The molecule has 3 aromatic carbocycles. The standard InChI is InChI=1S/C32H37N3O/c1-34(2)22-23-35-28-21-13-12-20-27(28)30(31(35)32(36)33-26-18-10-5-11-19-26)29(24-14-6-3-7-15-24)25-16-8-4-9-17-25/h3-4,6-9,12-17,20-21,26,29H,5,10-11,18-19,22-23H2,1-2H3,(H,33,36). The predicted octanol–water partition coefficient (Wildman–Crippen LogP) is 6.45. The molecule has 0 saturated heterocycles. The Morgan fingerprint density at radius 1 is 0.861 bits per heavy atom. The molecule has 1 aromatic heterocycles. The van der Waals surface area contributed by atoms with Crippen molar-refractivity contribution in [2.24, 2.45) is 0 Å². The van der Waals surface area contributed by atoms with Gasteiger partial charge >= 0.3 is 0 Å². The Balaban J connectivity index is 1.73. The minimum atomic E-state index is -0.0370. The van der Waals surface area contributed by atoms with E-state index in [9.17, 15) is 4.79 Å². The van der Waals surface area contributed by atoms with Crippen molar-refractivity contribution in [1.29, 1.82) is 0 Å². The summed E-state index contributed by atoms with van der Waals surface area (Å²) in [6.07, 6.45) is 5.79. The molecule has 1 fully saturated rings. The Morgan fingerprint density at radius 2 is 1.44 bits per heavy atom. The molecule has 4 aromatic rings. The Bertz CT molecular complexity index is 1250. The number of hydrogen-bond acceptors (Lipinski definition) is 2. The van der Waals surface area contributed by atoms with Gasteiger partial charge in [0, 0.05) is 41.5 Å². The molecule has 1 saturated carbocycles. The quantitative estimate of drug-likeness (QED) is 0.315. The second kappa shape index (κ2) is 11.1. The van der Waals surface area contributed by atoms with E-state index in [1.807, 2.05) is 0 Å². The van der Waals surface area contributed by atoms with E-state index >= 15 is 0 Å². The number of amides is 1. The number of carbonyl (C=O) groups excluding carboxylic acids is 1. The zero-order valence-corrected chi connectivity index (χ0v) is 21.5. The van der Waals surface area contributed by atoms with Crippen molar-refractivity contribution in [1.82, 2.24) is 14.8 Å². The van der Waals surface area contributed by atoms with Crippen molar-refractivity contribution in [2.45, 2.75) is 50.6 Å². The Hall–Kier alpha value is -3.37. The summed E-state index contributed by atoms with van der Waals surface area (Å²) in [6.45, 7) is 1.63. The molecule has 4 heteroatoms. The lowest BCUT2D eigenvalue weighted by atomic mass is 9.83. The summed E-state index contributed by atoms with van der Waals surface area (Å²) >= 11 is 0. The number of aromatic nitrogens is 1. The topological polar surface area (TPSA) is 37.3 Å². The molecule has 186 valence electrons. The summed E-state index contributed by atoms with van der Waals surface area (Å²) in [4.78, 5) is 16.4. The van der Waals surface area contributed by atoms with Crippen molar-refractivity contribution >= 4 is 16.8 Å². The highest BCUT2D eigenvalue weighted by molar-refractivity contribution is 6.03. The van der Waals surface area contributed by atoms with Gasteiger partial charge in [0.25, 0.3) is 5.91 Å². The summed E-state index contributed by atoms with van der Waals surface area (Å²) in [7, 11) is 4.18. The molecule has 36 heavy (non-hydrogen) atoms. The van der Waals surface area contributed by atoms with Gasteiger partial charge in [-0.05, 0) is 44.1 Å². The van der Waals surface area contributed by atoms with Gasteiger partial charge in [-0.2, -0.15) is 0 Å². The van der Waals surface area contributed by atoms with E-state index < -0.39 is 0 Å². The molecular formula is C32H37N3O. The Labute approximate surface area is 214 Å². The van der Waals surface area contributed by atoms with Gasteiger partial charge in [-0.3, -0.25) is 4.79 Å². The highest BCUT2D eigenvalue weighted by atomic mass is 16.2. The molecule has 1 aliphatic carbocycles. The third kappa shape index (κ3) is 5.10. The summed E-state index contributed by atoms with van der Waals surface area (Å²) < 4.78 is 2.27. The van der Waals surface area contributed by atoms with Gasteiger partial charge in [0.2, 0.25) is 0 Å². The van der Waals surface area contributed by atoms with E-state index in [-0.39, 0.29) is 17.9 Å². The molecule has 5 rings (SSSR count). The van der Waals surface area contributed by atoms with Crippen LogP contribution in [-0.2, 0) is 6.54 Å². The minimum absolute atomic E-state index is 0.0370. The van der Waals surface area contributed by atoms with Crippen LogP contribution in [0.5, 0.6) is 0 Å². The fourth-order valence-electron chi connectivity index (χ4n) is 5.72. The zero-order valence-electron chi connectivity index (χ0n) is 21.5. The van der Waals surface area contributed by atoms with Gasteiger partial charge in [-0.1, -0.05) is 98.1 Å². The lowest BCUT2D eigenvalue weighted by molar-refractivity contribution is 0.0917. The smallest absolute Gasteiger partial charge is 0.268 e. The molecular weight excluding hydrogens is 442 g/mol. The van der Waals surface area contributed by atoms with Gasteiger partial charge in [0.1, 0.15) is 5.69 Å². The number of benzene rings is 3. The maximum absolute atomic E-state index is 14.2. The third-order valence-electron chi connectivity index (χ3n) is 7.49. The van der Waals surface area contributed by atoms with Crippen LogP contribution in [0.2, 0.25) is 0 Å². The monoisotopic (exact) mass is 479 g/mol. The average molecular weight is 480 g/mol. The van der Waals surface area contributed by atoms with Crippen LogP contribution >= 0.6 is 0 Å². The van der Waals surface area contributed by atoms with Crippen LogP contribution in [0, 0.1) is 0 Å². The lowest BCUT2D eigenvalue weighted by Gasteiger charge is -2.25. The molecule has 0 atom stereocenters. The molecule has 0 radical (unpaired) electrons. The molecule has 0 unspecified atom stereocenters. The van der Waals surface area contributed by atoms with Gasteiger partial charge in [-0.15, -0.1) is 0 Å². The van der Waals surface area contributed by atoms with Crippen molar-refractivity contribution in [3.05, 3.63) is 107 Å². The molecule has 0 aliphatic heterocycles. The fourth-order valence-corrected chi connectivity index (χ4v) is 5.72. The molecule has 1 N–H and O–H groups in total. The van der Waals surface area contributed by atoms with Gasteiger partial charge in [-0.25, -0.2) is 0 Å². The first-order chi connectivity index (χ1) is 17.6. The number of nitrogens with zero attached hydrogens (tertiary/aromatic N) is 2. The molecule has 1 aliphatic rings. The van der Waals surface area contributed by atoms with Crippen molar-refractivity contribution in [3.63, 3.8) is 0 Å². The molecule has 4 nitrogen and oxygen atoms in total. The van der Waals surface area contributed by atoms with Crippen LogP contribution in [0.1, 0.15) is 65.2 Å². The lowest BCUT2D eigenvalue weighted by Crippen LogP contribution is -2.38. The van der Waals surface area contributed by atoms with Crippen LogP contribution in [0.15, 0.2) is 84.9 Å². The number of para-hydroxylation sites is 1. The van der Waals surface area contributed by atoms with Crippen LogP contribution in [-0.4, -0.2) is 42.1 Å². The Kier molecular flexibility index (Phi) is 7.52. The summed E-state index contributed by atoms with van der Waals surface area (Å²) in [5, 5.41) is 4.60. The van der Waals surface area contributed by atoms with Crippen molar-refractivity contribution in [3.8, 4) is 0 Å². The second-order valence-corrected chi connectivity index (χ2v) is 10.3. The maximum atomic E-state index is 14.2. The van der Waals surface area contributed by atoms with Crippen LogP contribution in [0.25, 0.3) is 10.9 Å². The van der Waals surface area contributed by atoms with Crippen LogP contribution in [0.3, 0.4) is 0 Å². The Morgan fingerprint density at radius 3 is 2.06 bits per heavy atom. The van der Waals surface area contributed by atoms with Crippen molar-refractivity contribution in [2.75, 3.05) is 20.6 Å². The van der Waals surface area contributed by atoms with Gasteiger partial charge in [0.05, 0.1) is 0 Å². The predicted molar refractivity (Wildman–Crippen MR) is 149 cm³/mol. The normalized spacial score (nSPS) is 14.6. The highest BCUT2D eigenvalue weighted by Gasteiger charge is 2.31. The summed E-state index contributed by atoms with van der Waals surface area (Å²) in [5.41, 5.74) is 5.44.